The van der Waals surface area contributed by atoms with E-state index >= 15 is 0 Å². The molecular weight excluding hydrogens is 266 g/mol. The molecule has 1 heterocycles. The molecule has 2 rings (SSSR count). The molecule has 4 nitrogen and oxygen atoms in total. The molecule has 0 unspecified atom stereocenters. The van der Waals surface area contributed by atoms with Crippen LogP contribution in [0, 0.1) is 0 Å². The highest BCUT2D eigenvalue weighted by atomic mass is 16.5. The summed E-state index contributed by atoms with van der Waals surface area (Å²) in [6.45, 7) is 5.05. The van der Waals surface area contributed by atoms with Gasteiger partial charge in [-0.3, -0.25) is 9.59 Å². The topological polar surface area (TPSA) is 48.3 Å². The Morgan fingerprint density at radius 2 is 1.90 bits per heavy atom. The molecule has 0 atom stereocenters. The van der Waals surface area contributed by atoms with E-state index in [2.05, 4.69) is 0 Å². The Kier molecular flexibility index (Phi) is 4.93. The van der Waals surface area contributed by atoms with Gasteiger partial charge < -0.3 is 9.30 Å². The van der Waals surface area contributed by atoms with E-state index in [1.807, 2.05) is 38.1 Å². The molecule has 110 valence electrons. The predicted molar refractivity (Wildman–Crippen MR) is 83.0 cm³/mol. The molecule has 2 aromatic rings. The molecule has 0 saturated heterocycles. The van der Waals surface area contributed by atoms with Gasteiger partial charge in [0, 0.05) is 12.1 Å². The van der Waals surface area contributed by atoms with Gasteiger partial charge in [0.2, 0.25) is 0 Å². The van der Waals surface area contributed by atoms with E-state index in [9.17, 15) is 9.59 Å². The number of pyridine rings is 1. The third kappa shape index (κ3) is 3.05. The van der Waals surface area contributed by atoms with E-state index in [1.54, 1.807) is 16.7 Å². The maximum Gasteiger partial charge on any atom is 0.261 e. The van der Waals surface area contributed by atoms with E-state index in [0.717, 1.165) is 23.4 Å². The molecule has 0 aliphatic rings. The van der Waals surface area contributed by atoms with Crippen molar-refractivity contribution in [2.24, 2.45) is 0 Å². The molecular formula is C17H19NO3. The van der Waals surface area contributed by atoms with Gasteiger partial charge in [-0.15, -0.1) is 0 Å². The second-order valence-corrected chi connectivity index (χ2v) is 4.69. The predicted octanol–water partition coefficient (Wildman–Crippen LogP) is 3.14. The standard InChI is InChI=1S/C17H19NO3/c1-3-11-21-16-8-6-5-7-14(16)15-10-9-13(12-19)17(20)18(15)4-2/h5-10,12H,3-4,11H2,1-2H3. The summed E-state index contributed by atoms with van der Waals surface area (Å²) in [6, 6.07) is 11.0. The maximum absolute atomic E-state index is 12.2. The van der Waals surface area contributed by atoms with Crippen molar-refractivity contribution in [2.75, 3.05) is 6.61 Å². The fourth-order valence-electron chi connectivity index (χ4n) is 2.25. The van der Waals surface area contributed by atoms with Crippen molar-refractivity contribution in [3.8, 4) is 17.0 Å². The summed E-state index contributed by atoms with van der Waals surface area (Å²) in [7, 11) is 0. The maximum atomic E-state index is 12.2. The first-order valence-electron chi connectivity index (χ1n) is 7.14. The first kappa shape index (κ1) is 15.0. The van der Waals surface area contributed by atoms with E-state index in [1.165, 1.54) is 0 Å². The number of aldehydes is 1. The average molecular weight is 285 g/mol. The van der Waals surface area contributed by atoms with E-state index in [-0.39, 0.29) is 11.1 Å². The lowest BCUT2D eigenvalue weighted by molar-refractivity contribution is 0.112. The van der Waals surface area contributed by atoms with Crippen LogP contribution in [0.3, 0.4) is 0 Å². The van der Waals surface area contributed by atoms with Gasteiger partial charge in [-0.05, 0) is 37.6 Å². The smallest absolute Gasteiger partial charge is 0.261 e. The zero-order valence-electron chi connectivity index (χ0n) is 12.3. The lowest BCUT2D eigenvalue weighted by Gasteiger charge is -2.15. The summed E-state index contributed by atoms with van der Waals surface area (Å²) in [5.41, 5.74) is 1.53. The molecule has 1 aromatic heterocycles. The Morgan fingerprint density at radius 1 is 1.14 bits per heavy atom. The molecule has 0 saturated carbocycles. The third-order valence-electron chi connectivity index (χ3n) is 3.27. The van der Waals surface area contributed by atoms with E-state index in [4.69, 9.17) is 4.74 Å². The Hall–Kier alpha value is -2.36. The molecule has 0 aliphatic carbocycles. The first-order valence-corrected chi connectivity index (χ1v) is 7.14. The lowest BCUT2D eigenvalue weighted by atomic mass is 10.1. The minimum Gasteiger partial charge on any atom is -0.493 e. The summed E-state index contributed by atoms with van der Waals surface area (Å²) in [5.74, 6) is 0.750. The highest BCUT2D eigenvalue weighted by Gasteiger charge is 2.12. The normalized spacial score (nSPS) is 10.4. The number of rotatable bonds is 6. The van der Waals surface area contributed by atoms with Crippen LogP contribution >= 0.6 is 0 Å². The van der Waals surface area contributed by atoms with Crippen LogP contribution < -0.4 is 10.3 Å². The largest absolute Gasteiger partial charge is 0.493 e. The highest BCUT2D eigenvalue weighted by molar-refractivity contribution is 5.76. The fourth-order valence-corrected chi connectivity index (χ4v) is 2.25. The number of carbonyl (C=O) groups excluding carboxylic acids is 1. The summed E-state index contributed by atoms with van der Waals surface area (Å²) in [6.07, 6.45) is 1.51. The zero-order valence-corrected chi connectivity index (χ0v) is 12.3. The second-order valence-electron chi connectivity index (χ2n) is 4.69. The van der Waals surface area contributed by atoms with Crippen LogP contribution in [0.15, 0.2) is 41.2 Å². The SMILES string of the molecule is CCCOc1ccccc1-c1ccc(C=O)c(=O)n1CC. The van der Waals surface area contributed by atoms with Crippen molar-refractivity contribution < 1.29 is 9.53 Å². The van der Waals surface area contributed by atoms with Gasteiger partial charge in [0.1, 0.15) is 5.75 Å². The van der Waals surface area contributed by atoms with Crippen LogP contribution in [-0.4, -0.2) is 17.5 Å². The number of carbonyl (C=O) groups is 1. The van der Waals surface area contributed by atoms with Gasteiger partial charge in [-0.2, -0.15) is 0 Å². The molecule has 0 fully saturated rings. The first-order chi connectivity index (χ1) is 10.2. The minimum absolute atomic E-state index is 0.174. The zero-order chi connectivity index (χ0) is 15.2. The number of ether oxygens (including phenoxy) is 1. The molecule has 0 N–H and O–H groups in total. The van der Waals surface area contributed by atoms with Gasteiger partial charge in [0.15, 0.2) is 6.29 Å². The molecule has 0 amide bonds. The summed E-state index contributed by atoms with van der Waals surface area (Å²) in [4.78, 5) is 23.2. The third-order valence-corrected chi connectivity index (χ3v) is 3.27. The molecule has 0 spiro atoms. The van der Waals surface area contributed by atoms with Crippen LogP contribution in [0.25, 0.3) is 11.3 Å². The van der Waals surface area contributed by atoms with Crippen LogP contribution in [0.1, 0.15) is 30.6 Å². The van der Waals surface area contributed by atoms with Crippen molar-refractivity contribution in [2.45, 2.75) is 26.8 Å². The van der Waals surface area contributed by atoms with Crippen molar-refractivity contribution >= 4 is 6.29 Å². The van der Waals surface area contributed by atoms with Gasteiger partial charge in [-0.1, -0.05) is 19.1 Å². The van der Waals surface area contributed by atoms with Crippen molar-refractivity contribution in [3.05, 3.63) is 52.3 Å². The number of hydrogen-bond donors (Lipinski definition) is 0. The number of hydrogen-bond acceptors (Lipinski definition) is 3. The van der Waals surface area contributed by atoms with Crippen LogP contribution in [0.4, 0.5) is 0 Å². The molecule has 4 heteroatoms. The number of nitrogens with zero attached hydrogens (tertiary/aromatic N) is 1. The number of benzene rings is 1. The number of para-hydroxylation sites is 1. The molecule has 0 aliphatic heterocycles. The average Bonchev–Trinajstić information content (AvgIpc) is 2.53. The van der Waals surface area contributed by atoms with E-state index in [0.29, 0.717) is 19.4 Å². The molecule has 1 aromatic carbocycles. The molecule has 21 heavy (non-hydrogen) atoms. The quantitative estimate of drug-likeness (QED) is 0.766. The van der Waals surface area contributed by atoms with E-state index < -0.39 is 0 Å². The Bertz CT molecular complexity index is 689. The van der Waals surface area contributed by atoms with Crippen molar-refractivity contribution in [1.29, 1.82) is 0 Å². The van der Waals surface area contributed by atoms with Crippen LogP contribution in [0.2, 0.25) is 0 Å². The van der Waals surface area contributed by atoms with Gasteiger partial charge in [-0.25, -0.2) is 0 Å². The molecule has 0 radical (unpaired) electrons. The van der Waals surface area contributed by atoms with Gasteiger partial charge in [0.25, 0.3) is 5.56 Å². The van der Waals surface area contributed by atoms with Crippen molar-refractivity contribution in [1.82, 2.24) is 4.57 Å². The second kappa shape index (κ2) is 6.88. The highest BCUT2D eigenvalue weighted by Crippen LogP contribution is 2.29. The van der Waals surface area contributed by atoms with Crippen LogP contribution in [0.5, 0.6) is 5.75 Å². The summed E-state index contributed by atoms with van der Waals surface area (Å²) in [5, 5.41) is 0. The Balaban J connectivity index is 2.59. The number of aromatic nitrogens is 1. The van der Waals surface area contributed by atoms with Gasteiger partial charge in [0.05, 0.1) is 17.9 Å². The van der Waals surface area contributed by atoms with Crippen LogP contribution in [-0.2, 0) is 6.54 Å². The Labute approximate surface area is 124 Å². The molecule has 0 bridgehead atoms. The summed E-state index contributed by atoms with van der Waals surface area (Å²) < 4.78 is 7.35. The van der Waals surface area contributed by atoms with Crippen molar-refractivity contribution in [3.63, 3.8) is 0 Å². The van der Waals surface area contributed by atoms with Gasteiger partial charge >= 0.3 is 0 Å². The summed E-state index contributed by atoms with van der Waals surface area (Å²) >= 11 is 0. The Morgan fingerprint density at radius 3 is 2.57 bits per heavy atom. The monoisotopic (exact) mass is 285 g/mol. The minimum atomic E-state index is -0.268. The fraction of sp³-hybridized carbons (Fsp3) is 0.294. The lowest BCUT2D eigenvalue weighted by Crippen LogP contribution is -2.24.